The van der Waals surface area contributed by atoms with Crippen LogP contribution >= 0.6 is 0 Å². The van der Waals surface area contributed by atoms with Gasteiger partial charge in [-0.25, -0.2) is 9.97 Å². The number of aromatic nitrogens is 2. The summed E-state index contributed by atoms with van der Waals surface area (Å²) in [4.78, 5) is 12.1. The van der Waals surface area contributed by atoms with Crippen molar-refractivity contribution in [1.29, 1.82) is 0 Å². The van der Waals surface area contributed by atoms with Crippen LogP contribution in [-0.4, -0.2) is 15.1 Å². The number of nitrogens with zero attached hydrogens (tertiary/aromatic N) is 3. The van der Waals surface area contributed by atoms with Crippen LogP contribution in [-0.2, 0) is 10.8 Å². The number of hydrogen-bond acceptors (Lipinski definition) is 4. The van der Waals surface area contributed by atoms with Crippen molar-refractivity contribution in [3.8, 4) is 39.4 Å². The Morgan fingerprint density at radius 2 is 1.10 bits per heavy atom. The van der Waals surface area contributed by atoms with E-state index in [0.717, 1.165) is 50.3 Å². The topological polar surface area (TPSA) is 49.2 Å². The number of hydrogen-bond donors (Lipinski definition) is 1. The number of rotatable bonds is 6. The molecule has 1 N–H and O–H groups in total. The molecule has 2 heterocycles. The van der Waals surface area contributed by atoms with E-state index in [2.05, 4.69) is 119 Å². The standard InChI is InChI=1S/C46H43N3O/c1-45(2,3)36-23-34(24-37(30-36)46(4,5)6)35-27-41(48-42(28-35)40-26-31-15-10-11-16-32(31)29-43(40)50)33-17-14-20-39(25-33)49(38-18-8-7-9-19-38)44-21-12-13-22-47-44/h7-30,50H,1-6H3. The van der Waals surface area contributed by atoms with Crippen molar-refractivity contribution in [1.82, 2.24) is 9.97 Å². The maximum absolute atomic E-state index is 11.4. The molecule has 4 nitrogen and oxygen atoms in total. The highest BCUT2D eigenvalue weighted by atomic mass is 16.3. The number of aromatic hydroxyl groups is 1. The maximum Gasteiger partial charge on any atom is 0.137 e. The highest BCUT2D eigenvalue weighted by Crippen LogP contribution is 2.40. The monoisotopic (exact) mass is 653 g/mol. The van der Waals surface area contributed by atoms with Crippen molar-refractivity contribution in [3.63, 3.8) is 0 Å². The Bertz CT molecular complexity index is 2230. The van der Waals surface area contributed by atoms with Crippen molar-refractivity contribution in [3.05, 3.63) is 157 Å². The minimum atomic E-state index is -0.0357. The summed E-state index contributed by atoms with van der Waals surface area (Å²) < 4.78 is 0. The van der Waals surface area contributed by atoms with Crippen molar-refractivity contribution in [2.24, 2.45) is 0 Å². The number of anilines is 3. The lowest BCUT2D eigenvalue weighted by Gasteiger charge is -2.26. The maximum atomic E-state index is 11.4. The summed E-state index contributed by atoms with van der Waals surface area (Å²) in [7, 11) is 0. The second kappa shape index (κ2) is 12.9. The van der Waals surface area contributed by atoms with Crippen LogP contribution in [0.15, 0.2) is 146 Å². The quantitative estimate of drug-likeness (QED) is 0.194. The van der Waals surface area contributed by atoms with Gasteiger partial charge >= 0.3 is 0 Å². The Morgan fingerprint density at radius 3 is 1.76 bits per heavy atom. The molecule has 0 saturated carbocycles. The molecule has 0 aliphatic carbocycles. The number of benzene rings is 5. The Hall–Kier alpha value is -5.74. The highest BCUT2D eigenvalue weighted by Gasteiger charge is 2.22. The number of pyridine rings is 2. The second-order valence-corrected chi connectivity index (χ2v) is 15.1. The van der Waals surface area contributed by atoms with Crippen LogP contribution in [0.4, 0.5) is 17.2 Å². The van der Waals surface area contributed by atoms with E-state index >= 15 is 0 Å². The smallest absolute Gasteiger partial charge is 0.137 e. The van der Waals surface area contributed by atoms with Gasteiger partial charge in [0.1, 0.15) is 11.6 Å². The van der Waals surface area contributed by atoms with E-state index in [0.29, 0.717) is 11.3 Å². The second-order valence-electron chi connectivity index (χ2n) is 15.1. The van der Waals surface area contributed by atoms with Crippen LogP contribution in [0.3, 0.4) is 0 Å². The first-order valence-corrected chi connectivity index (χ1v) is 17.2. The first-order valence-electron chi connectivity index (χ1n) is 17.2. The molecule has 0 aliphatic rings. The van der Waals surface area contributed by atoms with E-state index in [9.17, 15) is 5.11 Å². The minimum absolute atomic E-state index is 0.0357. The molecule has 7 rings (SSSR count). The molecule has 4 heteroatoms. The van der Waals surface area contributed by atoms with Crippen molar-refractivity contribution in [2.45, 2.75) is 52.4 Å². The van der Waals surface area contributed by atoms with E-state index in [4.69, 9.17) is 9.97 Å². The summed E-state index contributed by atoms with van der Waals surface area (Å²) in [5, 5.41) is 13.4. The minimum Gasteiger partial charge on any atom is -0.507 e. The average molecular weight is 654 g/mol. The summed E-state index contributed by atoms with van der Waals surface area (Å²) in [6, 6.07) is 48.0. The van der Waals surface area contributed by atoms with Crippen LogP contribution in [0.25, 0.3) is 44.4 Å². The predicted molar refractivity (Wildman–Crippen MR) is 210 cm³/mol. The summed E-state index contributed by atoms with van der Waals surface area (Å²) in [6.07, 6.45) is 1.82. The molecule has 0 fully saturated rings. The summed E-state index contributed by atoms with van der Waals surface area (Å²) in [6.45, 7) is 13.6. The van der Waals surface area contributed by atoms with Gasteiger partial charge in [0, 0.05) is 28.7 Å². The summed E-state index contributed by atoms with van der Waals surface area (Å²) in [5.41, 5.74) is 9.85. The van der Waals surface area contributed by atoms with Crippen molar-refractivity contribution >= 4 is 28.0 Å². The normalized spacial score (nSPS) is 11.9. The van der Waals surface area contributed by atoms with Gasteiger partial charge in [-0.05, 0) is 105 Å². The van der Waals surface area contributed by atoms with E-state index in [-0.39, 0.29) is 16.6 Å². The SMILES string of the molecule is CC(C)(C)c1cc(-c2cc(-c3cccc(N(c4ccccc4)c4ccccn4)c3)nc(-c3cc4ccccc4cc3O)c2)cc(C(C)(C)C)c1. The Morgan fingerprint density at radius 1 is 0.500 bits per heavy atom. The molecule has 0 spiro atoms. The van der Waals surface area contributed by atoms with Gasteiger partial charge in [-0.2, -0.15) is 0 Å². The first kappa shape index (κ1) is 32.8. The van der Waals surface area contributed by atoms with Gasteiger partial charge in [0.15, 0.2) is 0 Å². The van der Waals surface area contributed by atoms with Crippen molar-refractivity contribution in [2.75, 3.05) is 4.90 Å². The van der Waals surface area contributed by atoms with Gasteiger partial charge in [0.25, 0.3) is 0 Å². The Balaban J connectivity index is 1.46. The number of phenols is 1. The van der Waals surface area contributed by atoms with E-state index in [1.807, 2.05) is 72.9 Å². The largest absolute Gasteiger partial charge is 0.507 e. The highest BCUT2D eigenvalue weighted by molar-refractivity contribution is 5.91. The third-order valence-electron chi connectivity index (χ3n) is 9.26. The van der Waals surface area contributed by atoms with Crippen molar-refractivity contribution < 1.29 is 5.11 Å². The first-order chi connectivity index (χ1) is 23.9. The van der Waals surface area contributed by atoms with Gasteiger partial charge in [-0.15, -0.1) is 0 Å². The molecule has 248 valence electrons. The van der Waals surface area contributed by atoms with Crippen LogP contribution < -0.4 is 4.90 Å². The van der Waals surface area contributed by atoms with Gasteiger partial charge in [-0.3, -0.25) is 4.90 Å². The molecule has 5 aromatic carbocycles. The van der Waals surface area contributed by atoms with E-state index in [1.54, 1.807) is 0 Å². The molecule has 0 aliphatic heterocycles. The molecule has 0 radical (unpaired) electrons. The number of phenolic OH excluding ortho intramolecular Hbond substituents is 1. The zero-order valence-electron chi connectivity index (χ0n) is 29.6. The molecule has 0 bridgehead atoms. The summed E-state index contributed by atoms with van der Waals surface area (Å²) >= 11 is 0. The molecule has 0 unspecified atom stereocenters. The van der Waals surface area contributed by atoms with Gasteiger partial charge in [0.05, 0.1) is 11.4 Å². The molecule has 50 heavy (non-hydrogen) atoms. The van der Waals surface area contributed by atoms with Gasteiger partial charge < -0.3 is 5.11 Å². The zero-order chi connectivity index (χ0) is 35.0. The third kappa shape index (κ3) is 6.75. The zero-order valence-corrected chi connectivity index (χ0v) is 29.6. The van der Waals surface area contributed by atoms with Crippen LogP contribution in [0, 0.1) is 0 Å². The predicted octanol–water partition coefficient (Wildman–Crippen LogP) is 12.4. The van der Waals surface area contributed by atoms with Gasteiger partial charge in [-0.1, -0.05) is 120 Å². The average Bonchev–Trinajstić information content (AvgIpc) is 3.11. The third-order valence-corrected chi connectivity index (χ3v) is 9.26. The Labute approximate surface area is 295 Å². The molecular weight excluding hydrogens is 611 g/mol. The molecule has 0 saturated heterocycles. The van der Waals surface area contributed by atoms with E-state index < -0.39 is 0 Å². The number of para-hydroxylation sites is 1. The molecular formula is C46H43N3O. The molecule has 0 atom stereocenters. The lowest BCUT2D eigenvalue weighted by molar-refractivity contribution is 0.478. The fourth-order valence-corrected chi connectivity index (χ4v) is 6.36. The van der Waals surface area contributed by atoms with Crippen LogP contribution in [0.1, 0.15) is 52.7 Å². The fraction of sp³-hybridized carbons (Fsp3) is 0.174. The lowest BCUT2D eigenvalue weighted by atomic mass is 9.79. The molecule has 0 amide bonds. The number of fused-ring (bicyclic) bond motifs is 1. The summed E-state index contributed by atoms with van der Waals surface area (Å²) in [5.74, 6) is 1.03. The fourth-order valence-electron chi connectivity index (χ4n) is 6.36. The van der Waals surface area contributed by atoms with Gasteiger partial charge in [0.2, 0.25) is 0 Å². The lowest BCUT2D eigenvalue weighted by Crippen LogP contribution is -2.16. The molecule has 7 aromatic rings. The molecule has 2 aromatic heterocycles. The Kier molecular flexibility index (Phi) is 8.49. The van der Waals surface area contributed by atoms with Crippen LogP contribution in [0.2, 0.25) is 0 Å². The van der Waals surface area contributed by atoms with E-state index in [1.165, 1.54) is 11.1 Å². The van der Waals surface area contributed by atoms with Crippen LogP contribution in [0.5, 0.6) is 5.75 Å².